The van der Waals surface area contributed by atoms with E-state index in [0.29, 0.717) is 0 Å². The summed E-state index contributed by atoms with van der Waals surface area (Å²) in [6, 6.07) is 1.04. The van der Waals surface area contributed by atoms with Crippen LogP contribution in [0.15, 0.2) is 6.07 Å². The Balaban J connectivity index is 2.63. The summed E-state index contributed by atoms with van der Waals surface area (Å²) in [4.78, 5) is 10.6. The van der Waals surface area contributed by atoms with Crippen molar-refractivity contribution in [2.75, 3.05) is 13.2 Å². The number of aromatic carboxylic acids is 1. The Morgan fingerprint density at radius 2 is 2.07 bits per heavy atom. The number of fused-ring (bicyclic) bond motifs is 1. The summed E-state index contributed by atoms with van der Waals surface area (Å²) in [6.07, 6.45) is 0. The molecule has 0 fully saturated rings. The molecule has 0 radical (unpaired) electrons. The summed E-state index contributed by atoms with van der Waals surface area (Å²) >= 11 is 0. The van der Waals surface area contributed by atoms with E-state index in [1.165, 1.54) is 0 Å². The molecule has 80 valence electrons. The number of phenols is 1. The van der Waals surface area contributed by atoms with Gasteiger partial charge < -0.3 is 19.7 Å². The van der Waals surface area contributed by atoms with Gasteiger partial charge in [-0.2, -0.15) is 4.39 Å². The third-order valence-corrected chi connectivity index (χ3v) is 1.98. The smallest absolute Gasteiger partial charge is 0.339 e. The predicted molar refractivity (Wildman–Crippen MR) is 46.0 cm³/mol. The predicted octanol–water partition coefficient (Wildman–Crippen LogP) is 1.00. The molecule has 1 aliphatic rings. The molecule has 0 aromatic heterocycles. The molecule has 0 unspecified atom stereocenters. The molecule has 1 aromatic carbocycles. The van der Waals surface area contributed by atoms with Gasteiger partial charge in [-0.15, -0.1) is 0 Å². The molecule has 0 amide bonds. The van der Waals surface area contributed by atoms with E-state index >= 15 is 0 Å². The Kier molecular flexibility index (Phi) is 2.11. The Morgan fingerprint density at radius 1 is 1.40 bits per heavy atom. The van der Waals surface area contributed by atoms with Crippen molar-refractivity contribution in [3.05, 3.63) is 17.4 Å². The fourth-order valence-corrected chi connectivity index (χ4v) is 1.30. The van der Waals surface area contributed by atoms with Gasteiger partial charge in [-0.25, -0.2) is 4.79 Å². The summed E-state index contributed by atoms with van der Waals surface area (Å²) < 4.78 is 23.3. The third kappa shape index (κ3) is 1.43. The maximum absolute atomic E-state index is 13.4. The number of rotatable bonds is 1. The van der Waals surface area contributed by atoms with Gasteiger partial charge in [0.25, 0.3) is 0 Å². The van der Waals surface area contributed by atoms with Gasteiger partial charge in [-0.3, -0.25) is 0 Å². The maximum Gasteiger partial charge on any atom is 0.339 e. The number of carboxylic acids is 1. The molecule has 1 heterocycles. The van der Waals surface area contributed by atoms with Crippen molar-refractivity contribution in [3.8, 4) is 17.2 Å². The first-order chi connectivity index (χ1) is 7.11. The summed E-state index contributed by atoms with van der Waals surface area (Å²) in [5, 5.41) is 17.9. The van der Waals surface area contributed by atoms with Gasteiger partial charge in [-0.05, 0) is 0 Å². The van der Waals surface area contributed by atoms with Crippen molar-refractivity contribution in [3.63, 3.8) is 0 Å². The van der Waals surface area contributed by atoms with E-state index in [2.05, 4.69) is 0 Å². The van der Waals surface area contributed by atoms with Gasteiger partial charge >= 0.3 is 5.97 Å². The number of aromatic hydroxyl groups is 1. The highest BCUT2D eigenvalue weighted by molar-refractivity contribution is 5.92. The average Bonchev–Trinajstić information content (AvgIpc) is 2.23. The van der Waals surface area contributed by atoms with Crippen LogP contribution in [0.5, 0.6) is 17.2 Å². The lowest BCUT2D eigenvalue weighted by Crippen LogP contribution is -2.17. The average molecular weight is 214 g/mol. The van der Waals surface area contributed by atoms with Gasteiger partial charge in [0.2, 0.25) is 11.6 Å². The van der Waals surface area contributed by atoms with Crippen LogP contribution < -0.4 is 9.47 Å². The Morgan fingerprint density at radius 3 is 2.73 bits per heavy atom. The second-order valence-corrected chi connectivity index (χ2v) is 2.92. The zero-order valence-electron chi connectivity index (χ0n) is 7.49. The van der Waals surface area contributed by atoms with Crippen LogP contribution in [0.25, 0.3) is 0 Å². The number of hydrogen-bond donors (Lipinski definition) is 2. The lowest BCUT2D eigenvalue weighted by molar-refractivity contribution is 0.0690. The minimum absolute atomic E-state index is 0.00560. The largest absolute Gasteiger partial charge is 0.504 e. The van der Waals surface area contributed by atoms with Gasteiger partial charge in [0.1, 0.15) is 18.8 Å². The molecule has 6 heteroatoms. The van der Waals surface area contributed by atoms with Crippen LogP contribution in [-0.4, -0.2) is 29.4 Å². The highest BCUT2D eigenvalue weighted by atomic mass is 19.1. The van der Waals surface area contributed by atoms with E-state index in [9.17, 15) is 14.3 Å². The zero-order chi connectivity index (χ0) is 11.0. The highest BCUT2D eigenvalue weighted by Gasteiger charge is 2.25. The fraction of sp³-hybridized carbons (Fsp3) is 0.222. The van der Waals surface area contributed by atoms with Crippen molar-refractivity contribution in [2.24, 2.45) is 0 Å². The van der Waals surface area contributed by atoms with Crippen LogP contribution in [0.3, 0.4) is 0 Å². The summed E-state index contributed by atoms with van der Waals surface area (Å²) in [5.41, 5.74) is -0.545. The number of carbonyl (C=O) groups is 1. The highest BCUT2D eigenvalue weighted by Crippen LogP contribution is 2.39. The minimum Gasteiger partial charge on any atom is -0.504 e. The standard InChI is InChI=1S/C9H7FO5/c10-6-7(11)4(9(12)13)3-5-8(6)15-2-1-14-5/h3,11H,1-2H2,(H,12,13). The van der Waals surface area contributed by atoms with E-state index in [-0.39, 0.29) is 24.7 Å². The van der Waals surface area contributed by atoms with E-state index in [1.807, 2.05) is 0 Å². The SMILES string of the molecule is O=C(O)c1cc2c(c(F)c1O)OCCO2. The normalized spacial score (nSPS) is 13.7. The number of benzene rings is 1. The molecule has 15 heavy (non-hydrogen) atoms. The molecule has 0 spiro atoms. The first-order valence-electron chi connectivity index (χ1n) is 4.15. The summed E-state index contributed by atoms with van der Waals surface area (Å²) in [5.74, 6) is -3.72. The van der Waals surface area contributed by atoms with Crippen LogP contribution in [0.4, 0.5) is 4.39 Å². The molecule has 0 atom stereocenters. The van der Waals surface area contributed by atoms with Crippen molar-refractivity contribution in [1.29, 1.82) is 0 Å². The van der Waals surface area contributed by atoms with Crippen molar-refractivity contribution < 1.29 is 28.9 Å². The molecule has 0 saturated carbocycles. The van der Waals surface area contributed by atoms with Gasteiger partial charge in [0, 0.05) is 6.07 Å². The van der Waals surface area contributed by atoms with Crippen LogP contribution in [0.1, 0.15) is 10.4 Å². The molecule has 0 saturated heterocycles. The van der Waals surface area contributed by atoms with E-state index < -0.39 is 23.1 Å². The topological polar surface area (TPSA) is 76.0 Å². The number of hydrogen-bond acceptors (Lipinski definition) is 4. The molecule has 5 nitrogen and oxygen atoms in total. The van der Waals surface area contributed by atoms with Gasteiger partial charge in [0.15, 0.2) is 11.5 Å². The van der Waals surface area contributed by atoms with Crippen molar-refractivity contribution in [2.45, 2.75) is 0 Å². The summed E-state index contributed by atoms with van der Waals surface area (Å²) in [7, 11) is 0. The zero-order valence-corrected chi connectivity index (χ0v) is 7.49. The van der Waals surface area contributed by atoms with Crippen LogP contribution >= 0.6 is 0 Å². The molecule has 1 aromatic rings. The maximum atomic E-state index is 13.4. The lowest BCUT2D eigenvalue weighted by Gasteiger charge is -2.19. The van der Waals surface area contributed by atoms with Crippen LogP contribution in [0, 0.1) is 5.82 Å². The van der Waals surface area contributed by atoms with Gasteiger partial charge in [0.05, 0.1) is 0 Å². The third-order valence-electron chi connectivity index (χ3n) is 1.98. The number of ether oxygens (including phenoxy) is 2. The van der Waals surface area contributed by atoms with E-state index in [4.69, 9.17) is 14.6 Å². The lowest BCUT2D eigenvalue weighted by atomic mass is 10.1. The van der Waals surface area contributed by atoms with Crippen LogP contribution in [-0.2, 0) is 0 Å². The Hall–Kier alpha value is -1.98. The van der Waals surface area contributed by atoms with Gasteiger partial charge in [-0.1, -0.05) is 0 Å². The number of halogens is 1. The van der Waals surface area contributed by atoms with E-state index in [0.717, 1.165) is 6.07 Å². The fourth-order valence-electron chi connectivity index (χ4n) is 1.30. The molecule has 2 rings (SSSR count). The second-order valence-electron chi connectivity index (χ2n) is 2.92. The number of carboxylic acid groups (broad SMARTS) is 1. The van der Waals surface area contributed by atoms with Crippen LogP contribution in [0.2, 0.25) is 0 Å². The molecule has 0 bridgehead atoms. The second kappa shape index (κ2) is 3.30. The minimum atomic E-state index is -1.43. The monoisotopic (exact) mass is 214 g/mol. The Labute approximate surface area is 83.7 Å². The van der Waals surface area contributed by atoms with Crippen molar-refractivity contribution >= 4 is 5.97 Å². The molecule has 1 aliphatic heterocycles. The first kappa shape index (κ1) is 9.57. The first-order valence-corrected chi connectivity index (χ1v) is 4.15. The molecule has 2 N–H and O–H groups in total. The van der Waals surface area contributed by atoms with Crippen molar-refractivity contribution in [1.82, 2.24) is 0 Å². The molecule has 0 aliphatic carbocycles. The molecular formula is C9H7FO5. The Bertz CT molecular complexity index is 429. The quantitative estimate of drug-likeness (QED) is 0.729. The summed E-state index contributed by atoms with van der Waals surface area (Å²) in [6.45, 7) is 0.381. The van der Waals surface area contributed by atoms with E-state index in [1.54, 1.807) is 0 Å². The molecular weight excluding hydrogens is 207 g/mol.